The van der Waals surface area contributed by atoms with Crippen molar-refractivity contribution in [2.24, 2.45) is 10.8 Å². The second kappa shape index (κ2) is 4.02. The van der Waals surface area contributed by atoms with Crippen molar-refractivity contribution in [3.8, 4) is 0 Å². The minimum Gasteiger partial charge on any atom is -0.481 e. The highest BCUT2D eigenvalue weighted by atomic mass is 16.4. The lowest BCUT2D eigenvalue weighted by Gasteiger charge is -2.53. The Morgan fingerprint density at radius 2 is 1.81 bits per heavy atom. The first-order valence-corrected chi connectivity index (χ1v) is 6.52. The molecule has 1 saturated heterocycles. The summed E-state index contributed by atoms with van der Waals surface area (Å²) in [6.45, 7) is 7.49. The van der Waals surface area contributed by atoms with Crippen LogP contribution in [0.3, 0.4) is 0 Å². The third-order valence-electron chi connectivity index (χ3n) is 4.91. The van der Waals surface area contributed by atoms with Gasteiger partial charge in [0.15, 0.2) is 0 Å². The summed E-state index contributed by atoms with van der Waals surface area (Å²) in [5.41, 5.74) is 0.0943. The van der Waals surface area contributed by atoms with Crippen molar-refractivity contribution in [1.82, 2.24) is 4.90 Å². The lowest BCUT2D eigenvalue weighted by molar-refractivity contribution is -0.159. The summed E-state index contributed by atoms with van der Waals surface area (Å²) in [4.78, 5) is 13.6. The predicted molar refractivity (Wildman–Crippen MR) is 63.4 cm³/mol. The van der Waals surface area contributed by atoms with Crippen molar-refractivity contribution in [3.05, 3.63) is 0 Å². The Balaban J connectivity index is 1.87. The highest BCUT2D eigenvalue weighted by molar-refractivity contribution is 5.76. The van der Waals surface area contributed by atoms with Crippen LogP contribution in [0.25, 0.3) is 0 Å². The van der Waals surface area contributed by atoms with Crippen LogP contribution < -0.4 is 0 Å². The molecule has 1 aliphatic carbocycles. The van der Waals surface area contributed by atoms with E-state index in [9.17, 15) is 9.90 Å². The van der Waals surface area contributed by atoms with Gasteiger partial charge in [0, 0.05) is 19.6 Å². The van der Waals surface area contributed by atoms with Crippen LogP contribution in [0.4, 0.5) is 0 Å². The van der Waals surface area contributed by atoms with E-state index in [-0.39, 0.29) is 0 Å². The van der Waals surface area contributed by atoms with Crippen molar-refractivity contribution in [1.29, 1.82) is 0 Å². The van der Waals surface area contributed by atoms with Crippen LogP contribution in [0.15, 0.2) is 0 Å². The van der Waals surface area contributed by atoms with Crippen molar-refractivity contribution >= 4 is 5.97 Å². The first-order chi connectivity index (χ1) is 7.56. The minimum absolute atomic E-state index is 0.395. The average Bonchev–Trinajstić information content (AvgIpc) is 2.14. The quantitative estimate of drug-likeness (QED) is 0.781. The van der Waals surface area contributed by atoms with Crippen LogP contribution in [0.2, 0.25) is 0 Å². The maximum atomic E-state index is 11.3. The number of nitrogens with zero attached hydrogens (tertiary/aromatic N) is 1. The molecule has 1 saturated carbocycles. The topological polar surface area (TPSA) is 40.5 Å². The summed E-state index contributed by atoms with van der Waals surface area (Å²) >= 11 is 0. The molecule has 1 N–H and O–H groups in total. The highest BCUT2D eigenvalue weighted by Gasteiger charge is 2.49. The predicted octanol–water partition coefficient (Wildman–Crippen LogP) is 2.36. The molecule has 3 nitrogen and oxygen atoms in total. The van der Waals surface area contributed by atoms with Gasteiger partial charge in [-0.05, 0) is 31.1 Å². The molecule has 92 valence electrons. The second-order valence-corrected chi connectivity index (χ2v) is 5.79. The third kappa shape index (κ3) is 1.75. The Morgan fingerprint density at radius 1 is 1.25 bits per heavy atom. The lowest BCUT2D eigenvalue weighted by atomic mass is 9.66. The van der Waals surface area contributed by atoms with Crippen molar-refractivity contribution in [2.45, 2.75) is 46.0 Å². The largest absolute Gasteiger partial charge is 0.481 e. The van der Waals surface area contributed by atoms with E-state index < -0.39 is 11.4 Å². The Bertz CT molecular complexity index is 272. The van der Waals surface area contributed by atoms with E-state index in [2.05, 4.69) is 18.7 Å². The zero-order chi connectivity index (χ0) is 11.8. The van der Waals surface area contributed by atoms with Crippen LogP contribution in [-0.4, -0.2) is 35.6 Å². The maximum Gasteiger partial charge on any atom is 0.310 e. The fourth-order valence-corrected chi connectivity index (χ4v) is 3.18. The Labute approximate surface area is 97.8 Å². The fraction of sp³-hybridized carbons (Fsp3) is 0.923. The molecule has 2 fully saturated rings. The molecule has 0 radical (unpaired) electrons. The highest BCUT2D eigenvalue weighted by Crippen LogP contribution is 2.45. The van der Waals surface area contributed by atoms with Gasteiger partial charge in [-0.3, -0.25) is 4.79 Å². The number of likely N-dealkylation sites (tertiary alicyclic amines) is 1. The smallest absolute Gasteiger partial charge is 0.310 e. The molecule has 16 heavy (non-hydrogen) atoms. The molecule has 3 heteroatoms. The molecule has 0 amide bonds. The number of rotatable bonds is 5. The molecule has 0 spiro atoms. The number of carboxylic acids is 1. The third-order valence-corrected chi connectivity index (χ3v) is 4.91. The Morgan fingerprint density at radius 3 is 2.12 bits per heavy atom. The van der Waals surface area contributed by atoms with E-state index in [1.54, 1.807) is 0 Å². The van der Waals surface area contributed by atoms with Crippen LogP contribution >= 0.6 is 0 Å². The molecule has 1 heterocycles. The van der Waals surface area contributed by atoms with Gasteiger partial charge >= 0.3 is 5.97 Å². The van der Waals surface area contributed by atoms with Gasteiger partial charge in [0.05, 0.1) is 5.41 Å². The first-order valence-electron chi connectivity index (χ1n) is 6.52. The summed E-state index contributed by atoms with van der Waals surface area (Å²) in [5, 5.41) is 9.27. The lowest BCUT2D eigenvalue weighted by Crippen LogP contribution is -2.60. The van der Waals surface area contributed by atoms with E-state index in [1.165, 1.54) is 12.8 Å². The van der Waals surface area contributed by atoms with Crippen molar-refractivity contribution in [3.63, 3.8) is 0 Å². The number of aliphatic carboxylic acids is 1. The summed E-state index contributed by atoms with van der Waals surface area (Å²) < 4.78 is 0. The van der Waals surface area contributed by atoms with Crippen LogP contribution in [-0.2, 0) is 4.79 Å². The summed E-state index contributed by atoms with van der Waals surface area (Å²) in [6.07, 6.45) is 5.29. The summed E-state index contributed by atoms with van der Waals surface area (Å²) in [7, 11) is 0. The number of carboxylic acid groups (broad SMARTS) is 1. The molecule has 0 bridgehead atoms. The van der Waals surface area contributed by atoms with Crippen molar-refractivity contribution in [2.75, 3.05) is 19.6 Å². The average molecular weight is 225 g/mol. The van der Waals surface area contributed by atoms with E-state index in [1.807, 2.05) is 0 Å². The van der Waals surface area contributed by atoms with E-state index >= 15 is 0 Å². The summed E-state index contributed by atoms with van der Waals surface area (Å²) in [5.74, 6) is -0.579. The zero-order valence-electron chi connectivity index (χ0n) is 10.5. The van der Waals surface area contributed by atoms with Crippen molar-refractivity contribution < 1.29 is 9.90 Å². The maximum absolute atomic E-state index is 11.3. The van der Waals surface area contributed by atoms with Gasteiger partial charge in [-0.15, -0.1) is 0 Å². The molecule has 2 rings (SSSR count). The molecule has 0 aromatic carbocycles. The van der Waals surface area contributed by atoms with E-state index in [0.717, 1.165) is 38.9 Å². The van der Waals surface area contributed by atoms with Gasteiger partial charge in [0.1, 0.15) is 0 Å². The molecular weight excluding hydrogens is 202 g/mol. The molecule has 2 aliphatic rings. The van der Waals surface area contributed by atoms with Gasteiger partial charge in [0.25, 0.3) is 0 Å². The number of hydrogen-bond acceptors (Lipinski definition) is 2. The van der Waals surface area contributed by atoms with Gasteiger partial charge in [-0.1, -0.05) is 20.3 Å². The van der Waals surface area contributed by atoms with Gasteiger partial charge in [-0.2, -0.15) is 0 Å². The minimum atomic E-state index is -0.579. The Kier molecular flexibility index (Phi) is 2.99. The van der Waals surface area contributed by atoms with Crippen LogP contribution in [0.5, 0.6) is 0 Å². The molecule has 0 aromatic heterocycles. The summed E-state index contributed by atoms with van der Waals surface area (Å²) in [6, 6.07) is 0. The fourth-order valence-electron chi connectivity index (χ4n) is 3.18. The molecule has 0 unspecified atom stereocenters. The number of carbonyl (C=O) groups is 1. The van der Waals surface area contributed by atoms with Crippen LogP contribution in [0, 0.1) is 10.8 Å². The van der Waals surface area contributed by atoms with Gasteiger partial charge < -0.3 is 10.0 Å². The zero-order valence-corrected chi connectivity index (χ0v) is 10.5. The molecular formula is C13H23NO2. The Hall–Kier alpha value is -0.570. The molecule has 0 atom stereocenters. The second-order valence-electron chi connectivity index (χ2n) is 5.79. The van der Waals surface area contributed by atoms with E-state index in [4.69, 9.17) is 0 Å². The van der Waals surface area contributed by atoms with E-state index in [0.29, 0.717) is 5.41 Å². The SMILES string of the molecule is CCC1(CC)CN(CC2(C(=O)O)CCC2)C1. The molecule has 0 aromatic rings. The standard InChI is InChI=1S/C13H23NO2/c1-3-12(4-2)8-14(9-12)10-13(11(15)16)6-5-7-13/h3-10H2,1-2H3,(H,15,16). The monoisotopic (exact) mass is 225 g/mol. The normalized spacial score (nSPS) is 26.9. The van der Waals surface area contributed by atoms with Gasteiger partial charge in [0.2, 0.25) is 0 Å². The molecule has 1 aliphatic heterocycles. The number of hydrogen-bond donors (Lipinski definition) is 1. The van der Waals surface area contributed by atoms with Crippen LogP contribution in [0.1, 0.15) is 46.0 Å². The van der Waals surface area contributed by atoms with Gasteiger partial charge in [-0.25, -0.2) is 0 Å². The first kappa shape index (κ1) is 11.9.